The van der Waals surface area contributed by atoms with Crippen molar-refractivity contribution >= 4 is 12.1 Å². The SMILES string of the molecule is CC1=NC2[C@@H](O1)OC(CO)[C@@H](O[C@@H]1OC(/C=N/OCCOCCCN=[N+]=[N-])[C@H](O)[C@H](O)C1O)[C@@H]2O. The van der Waals surface area contributed by atoms with E-state index in [1.165, 1.54) is 0 Å². The largest absolute Gasteiger partial charge is 0.450 e. The van der Waals surface area contributed by atoms with E-state index in [1.54, 1.807) is 6.92 Å². The van der Waals surface area contributed by atoms with E-state index in [-0.39, 0.29) is 13.2 Å². The molecule has 3 heterocycles. The zero-order valence-electron chi connectivity index (χ0n) is 19.0. The first kappa shape index (κ1) is 27.5. The van der Waals surface area contributed by atoms with E-state index in [9.17, 15) is 25.5 Å². The van der Waals surface area contributed by atoms with Crippen molar-refractivity contribution in [1.29, 1.82) is 0 Å². The summed E-state index contributed by atoms with van der Waals surface area (Å²) in [5.41, 5.74) is 8.18. The van der Waals surface area contributed by atoms with Crippen molar-refractivity contribution in [3.63, 3.8) is 0 Å². The summed E-state index contributed by atoms with van der Waals surface area (Å²) < 4.78 is 27.5. The van der Waals surface area contributed by atoms with Gasteiger partial charge in [0.2, 0.25) is 6.29 Å². The van der Waals surface area contributed by atoms with E-state index in [0.717, 1.165) is 6.21 Å². The first-order valence-electron chi connectivity index (χ1n) is 11.1. The third-order valence-corrected chi connectivity index (χ3v) is 5.55. The van der Waals surface area contributed by atoms with Gasteiger partial charge < -0.3 is 54.1 Å². The Morgan fingerprint density at radius 3 is 2.63 bits per heavy atom. The molecule has 0 radical (unpaired) electrons. The summed E-state index contributed by atoms with van der Waals surface area (Å²) in [6.45, 7) is 2.06. The van der Waals surface area contributed by atoms with Crippen molar-refractivity contribution in [2.24, 2.45) is 15.3 Å². The smallest absolute Gasteiger partial charge is 0.227 e. The summed E-state index contributed by atoms with van der Waals surface area (Å²) in [6.07, 6.45) is -10.4. The van der Waals surface area contributed by atoms with Gasteiger partial charge in [0.15, 0.2) is 12.2 Å². The molecule has 2 saturated heterocycles. The average Bonchev–Trinajstić information content (AvgIpc) is 3.23. The van der Waals surface area contributed by atoms with E-state index in [4.69, 9.17) is 34.1 Å². The predicted molar refractivity (Wildman–Crippen MR) is 115 cm³/mol. The van der Waals surface area contributed by atoms with Crippen molar-refractivity contribution in [2.75, 3.05) is 33.0 Å². The minimum absolute atomic E-state index is 0.0836. The fraction of sp³-hybridized carbons (Fsp3) is 0.895. The number of aliphatic imine (C=N–C) groups is 1. The van der Waals surface area contributed by atoms with Crippen LogP contribution in [0.4, 0.5) is 0 Å². The van der Waals surface area contributed by atoms with Crippen molar-refractivity contribution < 1.29 is 54.1 Å². The summed E-state index contributed by atoms with van der Waals surface area (Å²) >= 11 is 0. The molecule has 5 N–H and O–H groups in total. The average molecular weight is 505 g/mol. The maximum atomic E-state index is 10.7. The third kappa shape index (κ3) is 6.98. The summed E-state index contributed by atoms with van der Waals surface area (Å²) in [6, 6.07) is -0.814. The van der Waals surface area contributed by atoms with Crippen LogP contribution in [0.1, 0.15) is 13.3 Å². The van der Waals surface area contributed by atoms with E-state index in [2.05, 4.69) is 20.2 Å². The Kier molecular flexibility index (Phi) is 10.4. The molecule has 10 atom stereocenters. The molecule has 3 rings (SSSR count). The van der Waals surface area contributed by atoms with Gasteiger partial charge in [-0.2, -0.15) is 0 Å². The summed E-state index contributed by atoms with van der Waals surface area (Å²) in [5.74, 6) is 0.304. The predicted octanol–water partition coefficient (Wildman–Crippen LogP) is -2.21. The number of hydrogen-bond acceptors (Lipinski definition) is 14. The third-order valence-electron chi connectivity index (χ3n) is 5.55. The molecule has 16 heteroatoms. The lowest BCUT2D eigenvalue weighted by atomic mass is 9.96. The number of oxime groups is 1. The second-order valence-corrected chi connectivity index (χ2v) is 8.02. The maximum Gasteiger partial charge on any atom is 0.227 e. The molecule has 3 aliphatic rings. The van der Waals surface area contributed by atoms with E-state index < -0.39 is 68.0 Å². The van der Waals surface area contributed by atoms with Gasteiger partial charge in [-0.15, -0.1) is 0 Å². The fourth-order valence-electron chi connectivity index (χ4n) is 3.76. The van der Waals surface area contributed by atoms with E-state index >= 15 is 0 Å². The Bertz CT molecular complexity index is 782. The van der Waals surface area contributed by atoms with Crippen LogP contribution >= 0.6 is 0 Å². The number of aliphatic hydroxyl groups is 5. The molecule has 2 fully saturated rings. The quantitative estimate of drug-likeness (QED) is 0.0477. The standard InChI is InChI=1S/C19H31N5O11/c1-9-23-12-14(27)17(11(8-25)34-18(12)32-9)35-19-16(29)15(28)13(26)10(33-19)7-22-31-6-5-30-4-2-3-21-24-20/h7,10-19,25-29H,2-6,8H2,1H3/b22-7+/t10?,11?,12?,13-,14+,15-,16?,17+,18-,19-/m0/s1. The Hall–Kier alpha value is -2.11. The molecule has 0 saturated carbocycles. The van der Waals surface area contributed by atoms with Crippen LogP contribution in [-0.2, 0) is 28.5 Å². The molecule has 0 aromatic carbocycles. The first-order valence-corrected chi connectivity index (χ1v) is 11.1. The van der Waals surface area contributed by atoms with Gasteiger partial charge in [0, 0.05) is 25.0 Å². The molecule has 16 nitrogen and oxygen atoms in total. The Labute approximate surface area is 200 Å². The van der Waals surface area contributed by atoms with Gasteiger partial charge in [0.1, 0.15) is 55.4 Å². The van der Waals surface area contributed by atoms with Gasteiger partial charge >= 0.3 is 0 Å². The fourth-order valence-corrected chi connectivity index (χ4v) is 3.76. The van der Waals surface area contributed by atoms with Gasteiger partial charge in [-0.1, -0.05) is 10.3 Å². The lowest BCUT2D eigenvalue weighted by molar-refractivity contribution is -0.330. The van der Waals surface area contributed by atoms with Crippen LogP contribution in [0.3, 0.4) is 0 Å². The molecule has 0 amide bonds. The van der Waals surface area contributed by atoms with Crippen molar-refractivity contribution in [3.05, 3.63) is 10.4 Å². The number of azide groups is 1. The minimum Gasteiger partial charge on any atom is -0.450 e. The molecule has 35 heavy (non-hydrogen) atoms. The maximum absolute atomic E-state index is 10.7. The van der Waals surface area contributed by atoms with Crippen LogP contribution in [0.15, 0.2) is 15.3 Å². The van der Waals surface area contributed by atoms with Crippen LogP contribution in [-0.4, -0.2) is 132 Å². The summed E-state index contributed by atoms with van der Waals surface area (Å²) in [7, 11) is 0. The molecule has 0 spiro atoms. The molecule has 198 valence electrons. The van der Waals surface area contributed by atoms with Crippen molar-refractivity contribution in [2.45, 2.75) is 74.7 Å². The molecule has 4 unspecified atom stereocenters. The number of rotatable bonds is 12. The monoisotopic (exact) mass is 505 g/mol. The number of aliphatic hydroxyl groups excluding tert-OH is 5. The molecule has 0 aromatic rings. The highest BCUT2D eigenvalue weighted by Crippen LogP contribution is 2.32. The van der Waals surface area contributed by atoms with Gasteiger partial charge in [-0.25, -0.2) is 4.99 Å². The molecular formula is C19H31N5O11. The molecule has 0 aromatic heterocycles. The van der Waals surface area contributed by atoms with Crippen molar-refractivity contribution in [3.8, 4) is 0 Å². The van der Waals surface area contributed by atoms with Crippen LogP contribution in [0.2, 0.25) is 0 Å². The van der Waals surface area contributed by atoms with Gasteiger partial charge in [0.05, 0.1) is 19.4 Å². The first-order chi connectivity index (χ1) is 16.9. The van der Waals surface area contributed by atoms with Crippen LogP contribution in [0.25, 0.3) is 10.4 Å². The van der Waals surface area contributed by atoms with Crippen molar-refractivity contribution in [1.82, 2.24) is 0 Å². The van der Waals surface area contributed by atoms with Gasteiger partial charge in [-0.05, 0) is 12.0 Å². The number of nitrogens with zero attached hydrogens (tertiary/aromatic N) is 5. The second kappa shape index (κ2) is 13.3. The number of hydrogen-bond donors (Lipinski definition) is 5. The topological polar surface area (TPSA) is 230 Å². The minimum atomic E-state index is -1.68. The van der Waals surface area contributed by atoms with Gasteiger partial charge in [0.25, 0.3) is 0 Å². The Morgan fingerprint density at radius 2 is 1.89 bits per heavy atom. The molecule has 0 bridgehead atoms. The second-order valence-electron chi connectivity index (χ2n) is 8.02. The normalized spacial score (nSPS) is 39.0. The van der Waals surface area contributed by atoms with E-state index in [0.29, 0.717) is 25.5 Å². The highest BCUT2D eigenvalue weighted by Gasteiger charge is 2.52. The number of ether oxygens (including phenoxy) is 5. The summed E-state index contributed by atoms with van der Waals surface area (Å²) in [5, 5.41) is 58.3. The zero-order chi connectivity index (χ0) is 25.4. The van der Waals surface area contributed by atoms with Gasteiger partial charge in [-0.3, -0.25) is 0 Å². The molecule has 0 aliphatic carbocycles. The lowest BCUT2D eigenvalue weighted by Gasteiger charge is -2.44. The summed E-state index contributed by atoms with van der Waals surface area (Å²) in [4.78, 5) is 11.8. The lowest BCUT2D eigenvalue weighted by Crippen LogP contribution is -2.63. The van der Waals surface area contributed by atoms with Crippen LogP contribution in [0, 0.1) is 0 Å². The van der Waals surface area contributed by atoms with E-state index in [1.807, 2.05) is 0 Å². The van der Waals surface area contributed by atoms with Crippen LogP contribution < -0.4 is 0 Å². The molecular weight excluding hydrogens is 474 g/mol. The Morgan fingerprint density at radius 1 is 1.09 bits per heavy atom. The highest BCUT2D eigenvalue weighted by molar-refractivity contribution is 5.75. The Balaban J connectivity index is 1.52. The van der Waals surface area contributed by atoms with Crippen LogP contribution in [0.5, 0.6) is 0 Å². The zero-order valence-corrected chi connectivity index (χ0v) is 19.0. The molecule has 3 aliphatic heterocycles. The highest BCUT2D eigenvalue weighted by atomic mass is 16.7. The number of fused-ring (bicyclic) bond motifs is 1.